The first-order valence-electron chi connectivity index (χ1n) is 9.27. The van der Waals surface area contributed by atoms with Crippen LogP contribution >= 0.6 is 11.6 Å². The Morgan fingerprint density at radius 3 is 2.33 bits per heavy atom. The van der Waals surface area contributed by atoms with E-state index in [0.29, 0.717) is 23.4 Å². The number of hydrogen-bond donors (Lipinski definition) is 0. The van der Waals surface area contributed by atoms with Gasteiger partial charge in [0.05, 0.1) is 11.6 Å². The molecule has 0 atom stereocenters. The number of benzene rings is 3. The number of aryl methyl sites for hydroxylation is 1. The largest absolute Gasteiger partial charge is 0.387 e. The van der Waals surface area contributed by atoms with Gasteiger partial charge >= 0.3 is 10.1 Å². The van der Waals surface area contributed by atoms with Gasteiger partial charge in [-0.2, -0.15) is 13.7 Å². The highest BCUT2D eigenvalue weighted by molar-refractivity contribution is 7.86. The third kappa shape index (κ3) is 5.96. The molecule has 0 spiro atoms. The molecule has 0 saturated heterocycles. The highest BCUT2D eigenvalue weighted by Gasteiger charge is 2.15. The molecule has 0 bridgehead atoms. The maximum atomic E-state index is 12.6. The molecule has 0 fully saturated rings. The van der Waals surface area contributed by atoms with Crippen molar-refractivity contribution in [2.75, 3.05) is 0 Å². The smallest absolute Gasteiger partial charge is 0.338 e. The molecule has 4 nitrogen and oxygen atoms in total. The van der Waals surface area contributed by atoms with Crippen LogP contribution in [0.1, 0.15) is 22.3 Å². The van der Waals surface area contributed by atoms with Gasteiger partial charge < -0.3 is 4.18 Å². The molecule has 152 valence electrons. The lowest BCUT2D eigenvalue weighted by Crippen LogP contribution is -2.05. The predicted octanol–water partition coefficient (Wildman–Crippen LogP) is 5.59. The molecule has 0 amide bonds. The van der Waals surface area contributed by atoms with Crippen molar-refractivity contribution >= 4 is 21.7 Å². The number of nitrogens with zero attached hydrogens (tertiary/aromatic N) is 1. The molecule has 0 radical (unpaired) electrons. The van der Waals surface area contributed by atoms with Crippen LogP contribution in [0.2, 0.25) is 5.02 Å². The average molecular weight is 438 g/mol. The van der Waals surface area contributed by atoms with Crippen LogP contribution in [-0.4, -0.2) is 8.42 Å². The summed E-state index contributed by atoms with van der Waals surface area (Å²) in [5, 5.41) is 9.76. The molecular weight excluding hydrogens is 418 g/mol. The fourth-order valence-electron chi connectivity index (χ4n) is 2.92. The lowest BCUT2D eigenvalue weighted by molar-refractivity contribution is 0.438. The standard InChI is InChI=1S/C24H20ClNO3S/c1-18-5-11-24(12-6-18)30(27,28)29-17-22(13-19-7-9-23(25)10-8-19)15-20-3-2-4-21(14-20)16-26/h2-12,14,17H,13,15H2,1H3. The summed E-state index contributed by atoms with van der Waals surface area (Å²) < 4.78 is 30.4. The molecule has 0 saturated carbocycles. The minimum Gasteiger partial charge on any atom is -0.387 e. The van der Waals surface area contributed by atoms with Crippen LogP contribution in [0, 0.1) is 18.3 Å². The third-order valence-electron chi connectivity index (χ3n) is 4.48. The van der Waals surface area contributed by atoms with Crippen LogP contribution in [0.5, 0.6) is 0 Å². The van der Waals surface area contributed by atoms with Gasteiger partial charge in [0.2, 0.25) is 0 Å². The minimum absolute atomic E-state index is 0.0988. The van der Waals surface area contributed by atoms with Crippen LogP contribution in [0.15, 0.2) is 89.5 Å². The molecule has 0 aliphatic heterocycles. The summed E-state index contributed by atoms with van der Waals surface area (Å²) in [6.07, 6.45) is 2.22. The minimum atomic E-state index is -3.93. The highest BCUT2D eigenvalue weighted by Crippen LogP contribution is 2.20. The van der Waals surface area contributed by atoms with E-state index in [9.17, 15) is 8.42 Å². The van der Waals surface area contributed by atoms with Crippen molar-refractivity contribution in [3.63, 3.8) is 0 Å². The van der Waals surface area contributed by atoms with Crippen molar-refractivity contribution in [3.05, 3.63) is 112 Å². The monoisotopic (exact) mass is 437 g/mol. The molecular formula is C24H20ClNO3S. The van der Waals surface area contributed by atoms with Crippen LogP contribution in [0.4, 0.5) is 0 Å². The van der Waals surface area contributed by atoms with Gasteiger partial charge in [-0.1, -0.05) is 53.6 Å². The Labute approximate surface area is 182 Å². The maximum Gasteiger partial charge on any atom is 0.338 e. The quantitative estimate of drug-likeness (QED) is 0.356. The number of allylic oxidation sites excluding steroid dienone is 1. The Morgan fingerprint density at radius 1 is 1.00 bits per heavy atom. The van der Waals surface area contributed by atoms with Gasteiger partial charge in [-0.05, 0) is 72.9 Å². The van der Waals surface area contributed by atoms with E-state index in [1.165, 1.54) is 18.4 Å². The van der Waals surface area contributed by atoms with E-state index in [4.69, 9.17) is 21.0 Å². The molecule has 3 rings (SSSR count). The van der Waals surface area contributed by atoms with Crippen molar-refractivity contribution in [2.45, 2.75) is 24.7 Å². The summed E-state index contributed by atoms with van der Waals surface area (Å²) in [4.78, 5) is 0.0988. The molecule has 3 aromatic carbocycles. The number of nitriles is 1. The summed E-state index contributed by atoms with van der Waals surface area (Å²) in [7, 11) is -3.93. The molecule has 0 aliphatic carbocycles. The molecule has 6 heteroatoms. The first-order valence-corrected chi connectivity index (χ1v) is 11.1. The van der Waals surface area contributed by atoms with Crippen LogP contribution < -0.4 is 0 Å². The first kappa shape index (κ1) is 21.6. The Morgan fingerprint density at radius 2 is 1.67 bits per heavy atom. The van der Waals surface area contributed by atoms with Crippen molar-refractivity contribution in [1.82, 2.24) is 0 Å². The third-order valence-corrected chi connectivity index (χ3v) is 5.93. The second kappa shape index (κ2) is 9.62. The summed E-state index contributed by atoms with van der Waals surface area (Å²) >= 11 is 5.96. The van der Waals surface area contributed by atoms with Crippen molar-refractivity contribution < 1.29 is 12.6 Å². The molecule has 0 heterocycles. The summed E-state index contributed by atoms with van der Waals surface area (Å²) in [5.41, 5.74) is 4.13. The average Bonchev–Trinajstić information content (AvgIpc) is 2.74. The zero-order valence-electron chi connectivity index (χ0n) is 16.4. The lowest BCUT2D eigenvalue weighted by Gasteiger charge is -2.10. The van der Waals surface area contributed by atoms with Gasteiger partial charge in [-0.25, -0.2) is 0 Å². The molecule has 0 aromatic heterocycles. The van der Waals surface area contributed by atoms with Gasteiger partial charge in [0.15, 0.2) is 0 Å². The lowest BCUT2D eigenvalue weighted by atomic mass is 9.98. The normalized spacial score (nSPS) is 11.7. The van der Waals surface area contributed by atoms with Gasteiger partial charge in [0, 0.05) is 5.02 Å². The zero-order chi connectivity index (χ0) is 21.6. The Bertz CT molecular complexity index is 1190. The van der Waals surface area contributed by atoms with E-state index in [2.05, 4.69) is 6.07 Å². The van der Waals surface area contributed by atoms with E-state index < -0.39 is 10.1 Å². The number of rotatable bonds is 7. The van der Waals surface area contributed by atoms with E-state index in [1.54, 1.807) is 42.5 Å². The molecule has 30 heavy (non-hydrogen) atoms. The first-order chi connectivity index (χ1) is 14.4. The summed E-state index contributed by atoms with van der Waals surface area (Å²) in [6.45, 7) is 1.89. The van der Waals surface area contributed by atoms with Crippen molar-refractivity contribution in [1.29, 1.82) is 5.26 Å². The SMILES string of the molecule is Cc1ccc(S(=O)(=O)OC=C(Cc2ccc(Cl)cc2)Cc2cccc(C#N)c2)cc1. The molecule has 0 N–H and O–H groups in total. The van der Waals surface area contributed by atoms with Crippen LogP contribution in [0.3, 0.4) is 0 Å². The van der Waals surface area contributed by atoms with E-state index in [1.807, 2.05) is 25.1 Å². The molecule has 3 aromatic rings. The van der Waals surface area contributed by atoms with Crippen LogP contribution in [0.25, 0.3) is 0 Å². The number of hydrogen-bond acceptors (Lipinski definition) is 4. The topological polar surface area (TPSA) is 67.2 Å². The molecule has 0 unspecified atom stereocenters. The van der Waals surface area contributed by atoms with Crippen molar-refractivity contribution in [2.24, 2.45) is 0 Å². The Hall–Kier alpha value is -3.07. The van der Waals surface area contributed by atoms with Gasteiger partial charge in [-0.3, -0.25) is 0 Å². The Balaban J connectivity index is 1.87. The maximum absolute atomic E-state index is 12.6. The number of halogens is 1. The fraction of sp³-hybridized carbons (Fsp3) is 0.125. The van der Waals surface area contributed by atoms with Crippen LogP contribution in [-0.2, 0) is 27.1 Å². The zero-order valence-corrected chi connectivity index (χ0v) is 18.0. The van der Waals surface area contributed by atoms with Gasteiger partial charge in [-0.15, -0.1) is 0 Å². The fourth-order valence-corrected chi connectivity index (χ4v) is 3.88. The van der Waals surface area contributed by atoms with E-state index in [-0.39, 0.29) is 4.90 Å². The van der Waals surface area contributed by atoms with E-state index in [0.717, 1.165) is 22.3 Å². The summed E-state index contributed by atoms with van der Waals surface area (Å²) in [5.74, 6) is 0. The summed E-state index contributed by atoms with van der Waals surface area (Å²) in [6, 6.07) is 23.2. The highest BCUT2D eigenvalue weighted by atomic mass is 35.5. The van der Waals surface area contributed by atoms with Crippen molar-refractivity contribution in [3.8, 4) is 6.07 Å². The van der Waals surface area contributed by atoms with Gasteiger partial charge in [0.1, 0.15) is 11.2 Å². The second-order valence-electron chi connectivity index (χ2n) is 6.93. The second-order valence-corrected chi connectivity index (χ2v) is 8.94. The predicted molar refractivity (Wildman–Crippen MR) is 118 cm³/mol. The van der Waals surface area contributed by atoms with Gasteiger partial charge in [0.25, 0.3) is 0 Å². The molecule has 0 aliphatic rings. The Kier molecular flexibility index (Phi) is 6.94. The van der Waals surface area contributed by atoms with E-state index >= 15 is 0 Å².